The molecule has 0 aliphatic carbocycles. The standard InChI is InChI=1S/C13H18O2/c1-5-15-13-7-9(2)12(6-10(13)3)8-11(4)14/h6-7H,5,8H2,1-4H3. The summed E-state index contributed by atoms with van der Waals surface area (Å²) in [7, 11) is 0. The van der Waals surface area contributed by atoms with Gasteiger partial charge >= 0.3 is 0 Å². The van der Waals surface area contributed by atoms with Crippen LogP contribution < -0.4 is 4.74 Å². The van der Waals surface area contributed by atoms with Crippen molar-refractivity contribution in [2.75, 3.05) is 6.61 Å². The highest BCUT2D eigenvalue weighted by molar-refractivity contribution is 5.78. The fraction of sp³-hybridized carbons (Fsp3) is 0.462. The number of aryl methyl sites for hydroxylation is 2. The van der Waals surface area contributed by atoms with Crippen LogP contribution in [0.1, 0.15) is 30.5 Å². The van der Waals surface area contributed by atoms with Crippen LogP contribution >= 0.6 is 0 Å². The van der Waals surface area contributed by atoms with Gasteiger partial charge in [-0.3, -0.25) is 4.79 Å². The summed E-state index contributed by atoms with van der Waals surface area (Å²) in [5, 5.41) is 0. The van der Waals surface area contributed by atoms with Crippen molar-refractivity contribution in [1.29, 1.82) is 0 Å². The highest BCUT2D eigenvalue weighted by Gasteiger charge is 2.06. The minimum atomic E-state index is 0.196. The molecule has 0 saturated carbocycles. The van der Waals surface area contributed by atoms with Crippen LogP contribution in [0.2, 0.25) is 0 Å². The van der Waals surface area contributed by atoms with E-state index in [1.165, 1.54) is 0 Å². The average Bonchev–Trinajstić information content (AvgIpc) is 2.13. The maximum atomic E-state index is 11.1. The van der Waals surface area contributed by atoms with Crippen LogP contribution in [0.15, 0.2) is 12.1 Å². The molecule has 82 valence electrons. The third-order valence-electron chi connectivity index (χ3n) is 2.37. The lowest BCUT2D eigenvalue weighted by Crippen LogP contribution is -2.01. The molecule has 15 heavy (non-hydrogen) atoms. The molecule has 0 amide bonds. The molecule has 0 heterocycles. The molecule has 2 heteroatoms. The predicted octanol–water partition coefficient (Wildman–Crippen LogP) is 2.83. The van der Waals surface area contributed by atoms with E-state index >= 15 is 0 Å². The molecule has 0 spiro atoms. The fourth-order valence-corrected chi connectivity index (χ4v) is 1.62. The Hall–Kier alpha value is -1.31. The Morgan fingerprint density at radius 3 is 2.47 bits per heavy atom. The summed E-state index contributed by atoms with van der Waals surface area (Å²) in [4.78, 5) is 11.1. The zero-order chi connectivity index (χ0) is 11.4. The molecule has 0 fully saturated rings. The van der Waals surface area contributed by atoms with Gasteiger partial charge in [0.15, 0.2) is 0 Å². The Labute approximate surface area is 91.3 Å². The number of benzene rings is 1. The highest BCUT2D eigenvalue weighted by atomic mass is 16.5. The van der Waals surface area contributed by atoms with E-state index in [4.69, 9.17) is 4.74 Å². The Bertz CT molecular complexity index is 367. The zero-order valence-corrected chi connectivity index (χ0v) is 9.89. The van der Waals surface area contributed by atoms with Gasteiger partial charge in [0.2, 0.25) is 0 Å². The van der Waals surface area contributed by atoms with Gasteiger partial charge in [-0.05, 0) is 50.5 Å². The molecule has 0 aliphatic heterocycles. The van der Waals surface area contributed by atoms with E-state index in [-0.39, 0.29) is 5.78 Å². The van der Waals surface area contributed by atoms with Crippen LogP contribution in [0.4, 0.5) is 0 Å². The van der Waals surface area contributed by atoms with E-state index in [2.05, 4.69) is 0 Å². The van der Waals surface area contributed by atoms with E-state index in [0.29, 0.717) is 13.0 Å². The number of Topliss-reactive ketones (excluding diaryl/α,β-unsaturated/α-hetero) is 1. The van der Waals surface area contributed by atoms with Crippen molar-refractivity contribution in [2.45, 2.75) is 34.1 Å². The molecule has 0 N–H and O–H groups in total. The second-order valence-electron chi connectivity index (χ2n) is 3.86. The monoisotopic (exact) mass is 206 g/mol. The largest absolute Gasteiger partial charge is 0.494 e. The molecule has 0 bridgehead atoms. The SMILES string of the molecule is CCOc1cc(C)c(CC(C)=O)cc1C. The van der Waals surface area contributed by atoms with E-state index < -0.39 is 0 Å². The predicted molar refractivity (Wildman–Crippen MR) is 61.5 cm³/mol. The molecule has 0 aliphatic rings. The van der Waals surface area contributed by atoms with E-state index in [0.717, 1.165) is 22.4 Å². The Morgan fingerprint density at radius 2 is 1.93 bits per heavy atom. The first-order valence-corrected chi connectivity index (χ1v) is 5.27. The van der Waals surface area contributed by atoms with Gasteiger partial charge in [-0.25, -0.2) is 0 Å². The average molecular weight is 206 g/mol. The molecule has 0 atom stereocenters. The van der Waals surface area contributed by atoms with Crippen molar-refractivity contribution in [3.8, 4) is 5.75 Å². The molecular weight excluding hydrogens is 188 g/mol. The molecule has 2 nitrogen and oxygen atoms in total. The van der Waals surface area contributed by atoms with Crippen molar-refractivity contribution in [2.24, 2.45) is 0 Å². The summed E-state index contributed by atoms with van der Waals surface area (Å²) in [6.45, 7) is 8.28. The second-order valence-corrected chi connectivity index (χ2v) is 3.86. The Morgan fingerprint density at radius 1 is 1.27 bits per heavy atom. The molecule has 0 radical (unpaired) electrons. The molecule has 1 aromatic rings. The van der Waals surface area contributed by atoms with Gasteiger partial charge in [-0.2, -0.15) is 0 Å². The second kappa shape index (κ2) is 4.96. The van der Waals surface area contributed by atoms with Gasteiger partial charge < -0.3 is 4.74 Å². The summed E-state index contributed by atoms with van der Waals surface area (Å²) in [6.07, 6.45) is 0.513. The van der Waals surface area contributed by atoms with Crippen molar-refractivity contribution < 1.29 is 9.53 Å². The first-order chi connectivity index (χ1) is 7.04. The number of carbonyl (C=O) groups excluding carboxylic acids is 1. The van der Waals surface area contributed by atoms with Gasteiger partial charge in [0.25, 0.3) is 0 Å². The van der Waals surface area contributed by atoms with Crippen LogP contribution in [0.5, 0.6) is 5.75 Å². The van der Waals surface area contributed by atoms with Crippen LogP contribution in [0.3, 0.4) is 0 Å². The van der Waals surface area contributed by atoms with Gasteiger partial charge in [0.1, 0.15) is 11.5 Å². The molecule has 0 unspecified atom stereocenters. The van der Waals surface area contributed by atoms with Gasteiger partial charge in [-0.15, -0.1) is 0 Å². The number of carbonyl (C=O) groups is 1. The normalized spacial score (nSPS) is 10.1. The van der Waals surface area contributed by atoms with Gasteiger partial charge in [-0.1, -0.05) is 6.07 Å². The maximum absolute atomic E-state index is 11.1. The van der Waals surface area contributed by atoms with Gasteiger partial charge in [0, 0.05) is 6.42 Å². The highest BCUT2D eigenvalue weighted by Crippen LogP contribution is 2.23. The zero-order valence-electron chi connectivity index (χ0n) is 9.89. The lowest BCUT2D eigenvalue weighted by Gasteiger charge is -2.11. The van der Waals surface area contributed by atoms with E-state index in [1.807, 2.05) is 32.9 Å². The summed E-state index contributed by atoms with van der Waals surface area (Å²) in [5.41, 5.74) is 3.32. The minimum Gasteiger partial charge on any atom is -0.494 e. The summed E-state index contributed by atoms with van der Waals surface area (Å²) >= 11 is 0. The lowest BCUT2D eigenvalue weighted by atomic mass is 10.0. The van der Waals surface area contributed by atoms with E-state index in [1.54, 1.807) is 6.92 Å². The number of hydrogen-bond acceptors (Lipinski definition) is 2. The van der Waals surface area contributed by atoms with Gasteiger partial charge in [0.05, 0.1) is 6.61 Å². The number of ketones is 1. The first kappa shape index (κ1) is 11.8. The third kappa shape index (κ3) is 3.08. The topological polar surface area (TPSA) is 26.3 Å². The smallest absolute Gasteiger partial charge is 0.134 e. The van der Waals surface area contributed by atoms with E-state index in [9.17, 15) is 4.79 Å². The van der Waals surface area contributed by atoms with Crippen molar-refractivity contribution in [3.63, 3.8) is 0 Å². The first-order valence-electron chi connectivity index (χ1n) is 5.27. The third-order valence-corrected chi connectivity index (χ3v) is 2.37. The molecule has 0 aromatic heterocycles. The van der Waals surface area contributed by atoms with Crippen LogP contribution in [-0.2, 0) is 11.2 Å². The Kier molecular flexibility index (Phi) is 3.89. The van der Waals surface area contributed by atoms with Crippen LogP contribution in [0.25, 0.3) is 0 Å². The van der Waals surface area contributed by atoms with Crippen molar-refractivity contribution >= 4 is 5.78 Å². The summed E-state index contributed by atoms with van der Waals surface area (Å²) in [5.74, 6) is 1.11. The number of ether oxygens (including phenoxy) is 1. The molecule has 1 aromatic carbocycles. The molecular formula is C13H18O2. The fourth-order valence-electron chi connectivity index (χ4n) is 1.62. The quantitative estimate of drug-likeness (QED) is 0.757. The summed E-state index contributed by atoms with van der Waals surface area (Å²) in [6, 6.07) is 4.05. The number of rotatable bonds is 4. The minimum absolute atomic E-state index is 0.196. The Balaban J connectivity index is 3.02. The van der Waals surface area contributed by atoms with Crippen LogP contribution in [0, 0.1) is 13.8 Å². The van der Waals surface area contributed by atoms with Crippen molar-refractivity contribution in [3.05, 3.63) is 28.8 Å². The maximum Gasteiger partial charge on any atom is 0.134 e. The van der Waals surface area contributed by atoms with Crippen LogP contribution in [-0.4, -0.2) is 12.4 Å². The summed E-state index contributed by atoms with van der Waals surface area (Å²) < 4.78 is 5.49. The molecule has 1 rings (SSSR count). The number of hydrogen-bond donors (Lipinski definition) is 0. The van der Waals surface area contributed by atoms with Crippen molar-refractivity contribution in [1.82, 2.24) is 0 Å². The molecule has 0 saturated heterocycles. The lowest BCUT2D eigenvalue weighted by molar-refractivity contribution is -0.116.